The summed E-state index contributed by atoms with van der Waals surface area (Å²) in [7, 11) is 0. The van der Waals surface area contributed by atoms with Gasteiger partial charge in [0.05, 0.1) is 11.6 Å². The molecule has 4 aromatic rings. The molecule has 0 radical (unpaired) electrons. The maximum atomic E-state index is 5.88. The Kier molecular flexibility index (Phi) is 16.0. The smallest absolute Gasteiger partial charge is 0.249 e. The number of nitrogens with two attached hydrogens (primary N) is 2. The van der Waals surface area contributed by atoms with Gasteiger partial charge in [0, 0.05) is 24.2 Å². The van der Waals surface area contributed by atoms with Gasteiger partial charge in [0.15, 0.2) is 0 Å². The van der Waals surface area contributed by atoms with E-state index in [0.29, 0.717) is 35.1 Å². The van der Waals surface area contributed by atoms with E-state index >= 15 is 0 Å². The highest BCUT2D eigenvalue weighted by molar-refractivity contribution is 5.55. The largest absolute Gasteiger partial charge is 0.386 e. The highest BCUT2D eigenvalue weighted by Crippen LogP contribution is 2.34. The van der Waals surface area contributed by atoms with Crippen molar-refractivity contribution in [2.75, 3.05) is 13.1 Å². The number of aryl methyl sites for hydroxylation is 2. The van der Waals surface area contributed by atoms with Gasteiger partial charge in [-0.2, -0.15) is 9.97 Å². The van der Waals surface area contributed by atoms with E-state index in [0.717, 1.165) is 62.7 Å². The van der Waals surface area contributed by atoms with Gasteiger partial charge in [0.2, 0.25) is 23.4 Å². The third-order valence-corrected chi connectivity index (χ3v) is 10.8. The molecule has 0 bridgehead atoms. The second-order valence-electron chi connectivity index (χ2n) is 15.0. The van der Waals surface area contributed by atoms with E-state index in [1.54, 1.807) is 0 Å². The van der Waals surface area contributed by atoms with Crippen LogP contribution in [0.15, 0.2) is 82.4 Å². The molecule has 10 heteroatoms. The lowest BCUT2D eigenvalue weighted by atomic mass is 10.0. The van der Waals surface area contributed by atoms with E-state index in [1.165, 1.54) is 88.2 Å². The van der Waals surface area contributed by atoms with Crippen LogP contribution in [0, 0.1) is 0 Å². The third-order valence-electron chi connectivity index (χ3n) is 10.8. The SMILES string of the molecule is C=C(N)N1CCCC1c1nc(-c2ccc(CCCCCCCC)cc2)no1.C=C(N)N1CCC[C@H]1c1nc(-c2ccc(CCCCCCCC)cc2)no1. The minimum Gasteiger partial charge on any atom is -0.386 e. The molecule has 2 aliphatic rings. The summed E-state index contributed by atoms with van der Waals surface area (Å²) >= 11 is 0. The topological polar surface area (TPSA) is 136 Å². The van der Waals surface area contributed by atoms with Crippen LogP contribution in [0.1, 0.15) is 152 Å². The second kappa shape index (κ2) is 21.3. The maximum Gasteiger partial charge on any atom is 0.249 e. The Balaban J connectivity index is 0.000000208. The Labute approximate surface area is 323 Å². The zero-order chi connectivity index (χ0) is 38.1. The number of hydrogen-bond acceptors (Lipinski definition) is 10. The monoisotopic (exact) mass is 737 g/mol. The van der Waals surface area contributed by atoms with Crippen LogP contribution >= 0.6 is 0 Å². The van der Waals surface area contributed by atoms with Gasteiger partial charge in [0.25, 0.3) is 0 Å². The molecule has 0 saturated carbocycles. The fourth-order valence-corrected chi connectivity index (χ4v) is 7.57. The van der Waals surface area contributed by atoms with E-state index in [2.05, 4.69) is 95.8 Å². The molecule has 0 amide bonds. The summed E-state index contributed by atoms with van der Waals surface area (Å²) in [5.41, 5.74) is 16.5. The Morgan fingerprint density at radius 3 is 1.33 bits per heavy atom. The van der Waals surface area contributed by atoms with Crippen molar-refractivity contribution in [2.24, 2.45) is 11.5 Å². The lowest BCUT2D eigenvalue weighted by molar-refractivity contribution is 0.250. The standard InChI is InChI=1S/2C22H32N4O/c2*1-3-4-5-6-7-8-10-18-12-14-19(15-13-18)21-24-22(27-25-21)20-11-9-16-26(20)17(2)23/h2*12-15,20H,2-11,16,23H2,1H3/t20-;/m0./s1. The third kappa shape index (κ3) is 11.7. The Morgan fingerprint density at radius 1 is 0.593 bits per heavy atom. The molecule has 2 aliphatic heterocycles. The predicted octanol–water partition coefficient (Wildman–Crippen LogP) is 10.4. The predicted molar refractivity (Wildman–Crippen MR) is 218 cm³/mol. The number of hydrogen-bond donors (Lipinski definition) is 2. The number of likely N-dealkylation sites (tertiary alicyclic amines) is 2. The first kappa shape index (κ1) is 40.6. The zero-order valence-corrected chi connectivity index (χ0v) is 33.0. The van der Waals surface area contributed by atoms with Crippen LogP contribution in [0.25, 0.3) is 22.8 Å². The first-order valence-corrected chi connectivity index (χ1v) is 20.7. The molecule has 1 unspecified atom stereocenters. The van der Waals surface area contributed by atoms with Crippen molar-refractivity contribution in [1.82, 2.24) is 30.1 Å². The van der Waals surface area contributed by atoms with Gasteiger partial charge in [-0.15, -0.1) is 0 Å². The normalized spacial score (nSPS) is 16.8. The summed E-state index contributed by atoms with van der Waals surface area (Å²) in [4.78, 5) is 13.3. The van der Waals surface area contributed by atoms with Gasteiger partial charge in [-0.05, 0) is 62.5 Å². The van der Waals surface area contributed by atoms with Crippen molar-refractivity contribution < 1.29 is 9.05 Å². The highest BCUT2D eigenvalue weighted by Gasteiger charge is 2.32. The fraction of sp³-hybridized carbons (Fsp3) is 0.545. The second-order valence-corrected chi connectivity index (χ2v) is 15.0. The molecule has 10 nitrogen and oxygen atoms in total. The van der Waals surface area contributed by atoms with Gasteiger partial charge < -0.3 is 30.3 Å². The van der Waals surface area contributed by atoms with Gasteiger partial charge in [0.1, 0.15) is 12.1 Å². The van der Waals surface area contributed by atoms with Crippen LogP contribution in [0.3, 0.4) is 0 Å². The van der Waals surface area contributed by atoms with Crippen LogP contribution in [-0.2, 0) is 12.8 Å². The van der Waals surface area contributed by atoms with Gasteiger partial charge in [-0.25, -0.2) is 0 Å². The first-order chi connectivity index (χ1) is 26.4. The summed E-state index contributed by atoms with van der Waals surface area (Å²) in [6.07, 6.45) is 22.3. The summed E-state index contributed by atoms with van der Waals surface area (Å²) in [6.45, 7) is 14.0. The molecule has 2 aromatic carbocycles. The van der Waals surface area contributed by atoms with Gasteiger partial charge in [-0.3, -0.25) is 0 Å². The number of aromatic nitrogens is 4. The molecule has 2 saturated heterocycles. The summed E-state index contributed by atoms with van der Waals surface area (Å²) < 4.78 is 11.1. The molecule has 2 fully saturated rings. The average Bonchev–Trinajstić information content (AvgIpc) is 4.02. The molecule has 0 spiro atoms. The molecule has 4 heterocycles. The summed E-state index contributed by atoms with van der Waals surface area (Å²) in [5, 5.41) is 8.35. The van der Waals surface area contributed by atoms with E-state index in [-0.39, 0.29) is 12.1 Å². The quantitative estimate of drug-likeness (QED) is 0.0844. The van der Waals surface area contributed by atoms with Crippen LogP contribution in [0.5, 0.6) is 0 Å². The van der Waals surface area contributed by atoms with Crippen LogP contribution in [0.2, 0.25) is 0 Å². The Morgan fingerprint density at radius 2 is 0.963 bits per heavy atom. The molecule has 2 aromatic heterocycles. The number of nitrogens with zero attached hydrogens (tertiary/aromatic N) is 6. The number of unbranched alkanes of at least 4 members (excludes halogenated alkanes) is 10. The molecule has 2 atom stereocenters. The maximum absolute atomic E-state index is 5.88. The van der Waals surface area contributed by atoms with Crippen molar-refractivity contribution in [3.05, 3.63) is 96.2 Å². The Hall–Kier alpha value is -4.60. The summed E-state index contributed by atoms with van der Waals surface area (Å²) in [5.74, 6) is 3.68. The van der Waals surface area contributed by atoms with E-state index in [1.807, 2.05) is 9.80 Å². The number of rotatable bonds is 20. The molecule has 292 valence electrons. The van der Waals surface area contributed by atoms with Gasteiger partial charge >= 0.3 is 0 Å². The van der Waals surface area contributed by atoms with Crippen molar-refractivity contribution in [1.29, 1.82) is 0 Å². The molecular formula is C44H64N8O2. The molecule has 6 rings (SSSR count). The summed E-state index contributed by atoms with van der Waals surface area (Å²) in [6, 6.07) is 17.2. The minimum atomic E-state index is 0.0516. The fourth-order valence-electron chi connectivity index (χ4n) is 7.57. The van der Waals surface area contributed by atoms with Crippen LogP contribution in [0.4, 0.5) is 0 Å². The van der Waals surface area contributed by atoms with E-state index < -0.39 is 0 Å². The van der Waals surface area contributed by atoms with E-state index in [9.17, 15) is 0 Å². The minimum absolute atomic E-state index is 0.0516. The average molecular weight is 737 g/mol. The van der Waals surface area contributed by atoms with Crippen molar-refractivity contribution >= 4 is 0 Å². The lowest BCUT2D eigenvalue weighted by Crippen LogP contribution is -2.26. The zero-order valence-electron chi connectivity index (χ0n) is 33.0. The van der Waals surface area contributed by atoms with Crippen LogP contribution in [-0.4, -0.2) is 43.2 Å². The number of benzene rings is 2. The van der Waals surface area contributed by atoms with Crippen molar-refractivity contribution in [3.63, 3.8) is 0 Å². The first-order valence-electron chi connectivity index (χ1n) is 20.7. The molecule has 4 N–H and O–H groups in total. The van der Waals surface area contributed by atoms with E-state index in [4.69, 9.17) is 20.5 Å². The molecule has 0 aliphatic carbocycles. The molecule has 54 heavy (non-hydrogen) atoms. The van der Waals surface area contributed by atoms with Crippen molar-refractivity contribution in [3.8, 4) is 22.8 Å². The lowest BCUT2D eigenvalue weighted by Gasteiger charge is -2.22. The molecular weight excluding hydrogens is 673 g/mol. The van der Waals surface area contributed by atoms with Crippen LogP contribution < -0.4 is 11.5 Å². The van der Waals surface area contributed by atoms with Crippen molar-refractivity contribution in [2.45, 2.75) is 142 Å². The van der Waals surface area contributed by atoms with Gasteiger partial charge in [-0.1, -0.05) is 150 Å². The highest BCUT2D eigenvalue weighted by atomic mass is 16.5. The Bertz CT molecular complexity index is 1570.